The molecule has 1 saturated heterocycles. The molecule has 5 nitrogen and oxygen atoms in total. The Morgan fingerprint density at radius 2 is 1.64 bits per heavy atom. The van der Waals surface area contributed by atoms with E-state index in [1.54, 1.807) is 11.3 Å². The molecule has 2 saturated carbocycles. The summed E-state index contributed by atoms with van der Waals surface area (Å²) in [5.41, 5.74) is 2.44. The van der Waals surface area contributed by atoms with Crippen LogP contribution in [0, 0.1) is 11.8 Å². The highest BCUT2D eigenvalue weighted by Crippen LogP contribution is 2.38. The standard InChI is InChI=1S/C27H37N3O2S/c31-18-20-6-8-22(9-7-20)26-28-29-27(33-26)23-10-12-24(13-11-23)30-16-14-25(15-17-30)32-19-21-4-2-1-3-5-21/h10-13,18,20-22,25H,1-9,14-17,19H2. The van der Waals surface area contributed by atoms with Gasteiger partial charge in [0.25, 0.3) is 0 Å². The lowest BCUT2D eigenvalue weighted by atomic mass is 9.83. The normalized spacial score (nSPS) is 25.3. The van der Waals surface area contributed by atoms with E-state index in [1.165, 1.54) is 37.8 Å². The highest BCUT2D eigenvalue weighted by molar-refractivity contribution is 7.14. The Hall–Kier alpha value is -1.79. The number of aldehydes is 1. The zero-order valence-electron chi connectivity index (χ0n) is 19.7. The molecule has 0 amide bonds. The second kappa shape index (κ2) is 11.1. The summed E-state index contributed by atoms with van der Waals surface area (Å²) in [5, 5.41) is 11.1. The van der Waals surface area contributed by atoms with Gasteiger partial charge in [-0.1, -0.05) is 30.6 Å². The summed E-state index contributed by atoms with van der Waals surface area (Å²) in [6.45, 7) is 3.12. The van der Waals surface area contributed by atoms with Crippen molar-refractivity contribution in [2.75, 3.05) is 24.6 Å². The number of nitrogens with zero attached hydrogens (tertiary/aromatic N) is 3. The first-order chi connectivity index (χ1) is 16.3. The van der Waals surface area contributed by atoms with Crippen molar-refractivity contribution in [3.63, 3.8) is 0 Å². The molecule has 0 radical (unpaired) electrons. The van der Waals surface area contributed by atoms with Crippen molar-refractivity contribution in [2.24, 2.45) is 11.8 Å². The fourth-order valence-corrected chi connectivity index (χ4v) is 6.76. The number of carbonyl (C=O) groups is 1. The molecule has 178 valence electrons. The lowest BCUT2D eigenvalue weighted by molar-refractivity contribution is -0.111. The SMILES string of the molecule is O=CC1CCC(c2nnc(-c3ccc(N4CCC(OCC5CCCCC5)CC4)cc3)s2)CC1. The third-order valence-corrected chi connectivity index (χ3v) is 9.10. The Kier molecular flexibility index (Phi) is 7.72. The number of piperidine rings is 1. The van der Waals surface area contributed by atoms with Gasteiger partial charge >= 0.3 is 0 Å². The predicted molar refractivity (Wildman–Crippen MR) is 134 cm³/mol. The molecule has 1 aromatic carbocycles. The Balaban J connectivity index is 1.11. The van der Waals surface area contributed by atoms with E-state index >= 15 is 0 Å². The lowest BCUT2D eigenvalue weighted by Gasteiger charge is -2.34. The van der Waals surface area contributed by atoms with Gasteiger partial charge < -0.3 is 14.4 Å². The molecule has 0 spiro atoms. The summed E-state index contributed by atoms with van der Waals surface area (Å²) in [4.78, 5) is 13.5. The van der Waals surface area contributed by atoms with Crippen LogP contribution < -0.4 is 4.90 Å². The smallest absolute Gasteiger partial charge is 0.147 e. The zero-order chi connectivity index (χ0) is 22.5. The van der Waals surface area contributed by atoms with Gasteiger partial charge in [-0.2, -0.15) is 0 Å². The molecule has 2 heterocycles. The molecular formula is C27H37N3O2S. The molecule has 33 heavy (non-hydrogen) atoms. The van der Waals surface area contributed by atoms with Gasteiger partial charge in [0.2, 0.25) is 0 Å². The van der Waals surface area contributed by atoms with Crippen molar-refractivity contribution in [1.82, 2.24) is 10.2 Å². The molecule has 1 aromatic heterocycles. The summed E-state index contributed by atoms with van der Waals surface area (Å²) >= 11 is 1.72. The monoisotopic (exact) mass is 467 g/mol. The second-order valence-corrected chi connectivity index (χ2v) is 11.3. The van der Waals surface area contributed by atoms with Crippen LogP contribution in [0.1, 0.15) is 81.6 Å². The molecule has 2 aromatic rings. The minimum Gasteiger partial charge on any atom is -0.378 e. The van der Waals surface area contributed by atoms with Crippen LogP contribution in [-0.4, -0.2) is 42.3 Å². The quantitative estimate of drug-likeness (QED) is 0.451. The summed E-state index contributed by atoms with van der Waals surface area (Å²) in [6, 6.07) is 8.84. The molecule has 6 heteroatoms. The minimum atomic E-state index is 0.245. The van der Waals surface area contributed by atoms with Crippen molar-refractivity contribution >= 4 is 23.3 Å². The zero-order valence-corrected chi connectivity index (χ0v) is 20.5. The van der Waals surface area contributed by atoms with Crippen molar-refractivity contribution in [1.29, 1.82) is 0 Å². The van der Waals surface area contributed by atoms with Gasteiger partial charge in [-0.15, -0.1) is 10.2 Å². The average Bonchev–Trinajstić information content (AvgIpc) is 3.39. The average molecular weight is 468 g/mol. The largest absolute Gasteiger partial charge is 0.378 e. The van der Waals surface area contributed by atoms with Crippen LogP contribution >= 0.6 is 11.3 Å². The molecule has 1 aliphatic heterocycles. The van der Waals surface area contributed by atoms with Crippen LogP contribution in [-0.2, 0) is 9.53 Å². The molecule has 3 fully saturated rings. The van der Waals surface area contributed by atoms with Gasteiger partial charge in [0, 0.05) is 42.8 Å². The highest BCUT2D eigenvalue weighted by Gasteiger charge is 2.25. The molecule has 5 rings (SSSR count). The third kappa shape index (κ3) is 5.83. The van der Waals surface area contributed by atoms with Gasteiger partial charge in [0.15, 0.2) is 0 Å². The van der Waals surface area contributed by atoms with Crippen molar-refractivity contribution in [3.05, 3.63) is 29.3 Å². The predicted octanol–water partition coefficient (Wildman–Crippen LogP) is 6.24. The number of hydrogen-bond donors (Lipinski definition) is 0. The van der Waals surface area contributed by atoms with E-state index in [9.17, 15) is 4.79 Å². The Labute approximate surface area is 201 Å². The fraction of sp³-hybridized carbons (Fsp3) is 0.667. The number of carbonyl (C=O) groups excluding carboxylic acids is 1. The number of aromatic nitrogens is 2. The van der Waals surface area contributed by atoms with Gasteiger partial charge in [0.05, 0.1) is 6.10 Å². The van der Waals surface area contributed by atoms with Crippen LogP contribution in [0.25, 0.3) is 10.6 Å². The van der Waals surface area contributed by atoms with Crippen molar-refractivity contribution < 1.29 is 9.53 Å². The number of ether oxygens (including phenoxy) is 1. The van der Waals surface area contributed by atoms with E-state index < -0.39 is 0 Å². The molecule has 0 atom stereocenters. The van der Waals surface area contributed by atoms with Crippen LogP contribution in [0.3, 0.4) is 0 Å². The topological polar surface area (TPSA) is 55.3 Å². The second-order valence-electron chi connectivity index (χ2n) is 10.3. The highest BCUT2D eigenvalue weighted by atomic mass is 32.1. The summed E-state index contributed by atoms with van der Waals surface area (Å²) < 4.78 is 6.29. The van der Waals surface area contributed by atoms with Gasteiger partial charge in [-0.25, -0.2) is 0 Å². The molecule has 0 unspecified atom stereocenters. The molecule has 3 aliphatic rings. The van der Waals surface area contributed by atoms with E-state index in [0.29, 0.717) is 12.0 Å². The minimum absolute atomic E-state index is 0.245. The van der Waals surface area contributed by atoms with Crippen LogP contribution in [0.5, 0.6) is 0 Å². The number of anilines is 1. The lowest BCUT2D eigenvalue weighted by Crippen LogP contribution is -2.37. The maximum absolute atomic E-state index is 11.0. The van der Waals surface area contributed by atoms with Crippen LogP contribution in [0.15, 0.2) is 24.3 Å². The molecule has 0 bridgehead atoms. The molecule has 0 N–H and O–H groups in total. The number of rotatable bonds is 7. The maximum atomic E-state index is 11.0. The van der Waals surface area contributed by atoms with E-state index in [-0.39, 0.29) is 5.92 Å². The van der Waals surface area contributed by atoms with E-state index in [1.807, 2.05) is 0 Å². The Morgan fingerprint density at radius 3 is 2.33 bits per heavy atom. The van der Waals surface area contributed by atoms with Crippen LogP contribution in [0.4, 0.5) is 5.69 Å². The Morgan fingerprint density at radius 1 is 0.909 bits per heavy atom. The van der Waals surface area contributed by atoms with Crippen molar-refractivity contribution in [2.45, 2.75) is 82.7 Å². The molecular weight excluding hydrogens is 430 g/mol. The summed E-state index contributed by atoms with van der Waals surface area (Å²) in [7, 11) is 0. The molecule has 2 aliphatic carbocycles. The first-order valence-corrected chi connectivity index (χ1v) is 13.9. The maximum Gasteiger partial charge on any atom is 0.147 e. The van der Waals surface area contributed by atoms with E-state index in [4.69, 9.17) is 4.74 Å². The number of hydrogen-bond acceptors (Lipinski definition) is 6. The number of benzene rings is 1. The first-order valence-electron chi connectivity index (χ1n) is 13.0. The van der Waals surface area contributed by atoms with Gasteiger partial charge in [0.1, 0.15) is 16.3 Å². The van der Waals surface area contributed by atoms with E-state index in [0.717, 1.165) is 86.0 Å². The van der Waals surface area contributed by atoms with Crippen molar-refractivity contribution in [3.8, 4) is 10.6 Å². The fourth-order valence-electron chi connectivity index (χ4n) is 5.74. The van der Waals surface area contributed by atoms with E-state index in [2.05, 4.69) is 39.4 Å². The van der Waals surface area contributed by atoms with Gasteiger partial charge in [-0.3, -0.25) is 0 Å². The third-order valence-electron chi connectivity index (χ3n) is 7.97. The summed E-state index contributed by atoms with van der Waals surface area (Å²) in [5.74, 6) is 1.51. The van der Waals surface area contributed by atoms with Crippen LogP contribution in [0.2, 0.25) is 0 Å². The van der Waals surface area contributed by atoms with Gasteiger partial charge in [-0.05, 0) is 81.5 Å². The Bertz CT molecular complexity index is 877. The first kappa shape index (κ1) is 23.0. The summed E-state index contributed by atoms with van der Waals surface area (Å²) in [6.07, 6.45) is 14.8.